The fourth-order valence-electron chi connectivity index (χ4n) is 4.09. The van der Waals surface area contributed by atoms with Gasteiger partial charge < -0.3 is 24.8 Å². The number of ether oxygens (including phenoxy) is 3. The molecule has 1 atom stereocenters. The third-order valence-electron chi connectivity index (χ3n) is 5.49. The monoisotopic (exact) mass is 479 g/mol. The Kier molecular flexibility index (Phi) is 5.42. The van der Waals surface area contributed by atoms with Crippen LogP contribution < -0.4 is 24.8 Å². The first-order valence-corrected chi connectivity index (χ1v) is 10.4. The SMILES string of the molecule is COc1cc(C2C(C#N)=C(N)Oc3c2ccc2c(N(C)C)cccc32)cc(Br)c1OC. The molecule has 0 radical (unpaired) electrons. The number of nitrogens with zero attached hydrogens (tertiary/aromatic N) is 2. The quantitative estimate of drug-likeness (QED) is 0.572. The van der Waals surface area contributed by atoms with Gasteiger partial charge in [-0.3, -0.25) is 0 Å². The molecule has 0 spiro atoms. The summed E-state index contributed by atoms with van der Waals surface area (Å²) >= 11 is 3.56. The lowest BCUT2D eigenvalue weighted by atomic mass is 9.82. The second-order valence-corrected chi connectivity index (χ2v) is 8.27. The average molecular weight is 480 g/mol. The van der Waals surface area contributed by atoms with Crippen LogP contribution in [0.25, 0.3) is 10.8 Å². The van der Waals surface area contributed by atoms with Crippen molar-refractivity contribution in [2.45, 2.75) is 5.92 Å². The first kappa shape index (κ1) is 20.9. The van der Waals surface area contributed by atoms with Crippen LogP contribution in [0.3, 0.4) is 0 Å². The summed E-state index contributed by atoms with van der Waals surface area (Å²) < 4.78 is 17.7. The Bertz CT molecular complexity index is 1260. The second kappa shape index (κ2) is 8.05. The molecule has 3 aromatic carbocycles. The van der Waals surface area contributed by atoms with Gasteiger partial charge in [-0.15, -0.1) is 0 Å². The van der Waals surface area contributed by atoms with Gasteiger partial charge in [0, 0.05) is 36.1 Å². The lowest BCUT2D eigenvalue weighted by molar-refractivity contribution is 0.352. The predicted molar refractivity (Wildman–Crippen MR) is 125 cm³/mol. The van der Waals surface area contributed by atoms with Gasteiger partial charge in [-0.2, -0.15) is 5.26 Å². The summed E-state index contributed by atoms with van der Waals surface area (Å²) in [7, 11) is 7.17. The molecule has 0 saturated heterocycles. The molecule has 0 bridgehead atoms. The van der Waals surface area contributed by atoms with Crippen molar-refractivity contribution in [3.8, 4) is 23.3 Å². The van der Waals surface area contributed by atoms with Gasteiger partial charge in [0.25, 0.3) is 0 Å². The Morgan fingerprint density at radius 3 is 2.52 bits per heavy atom. The Balaban J connectivity index is 2.01. The topological polar surface area (TPSA) is 80.7 Å². The lowest BCUT2D eigenvalue weighted by Gasteiger charge is -2.29. The molecular weight excluding hydrogens is 458 g/mol. The molecule has 4 rings (SSSR count). The van der Waals surface area contributed by atoms with E-state index in [0.29, 0.717) is 22.8 Å². The van der Waals surface area contributed by atoms with Crippen LogP contribution in [-0.2, 0) is 0 Å². The summed E-state index contributed by atoms with van der Waals surface area (Å²) in [5, 5.41) is 11.9. The summed E-state index contributed by atoms with van der Waals surface area (Å²) in [6, 6.07) is 16.2. The van der Waals surface area contributed by atoms with E-state index in [2.05, 4.69) is 39.0 Å². The van der Waals surface area contributed by atoms with Gasteiger partial charge in [-0.1, -0.05) is 24.3 Å². The molecule has 31 heavy (non-hydrogen) atoms. The van der Waals surface area contributed by atoms with Crippen molar-refractivity contribution in [1.29, 1.82) is 5.26 Å². The molecule has 158 valence electrons. The Morgan fingerprint density at radius 2 is 1.87 bits per heavy atom. The molecule has 0 saturated carbocycles. The first-order valence-electron chi connectivity index (χ1n) is 9.63. The van der Waals surface area contributed by atoms with E-state index in [9.17, 15) is 5.26 Å². The van der Waals surface area contributed by atoms with E-state index in [1.807, 2.05) is 44.4 Å². The maximum Gasteiger partial charge on any atom is 0.205 e. The average Bonchev–Trinajstić information content (AvgIpc) is 2.76. The standard InChI is InChI=1S/C24H22BrN3O3/c1-28(2)19-7-5-6-15-14(19)8-9-16-21(17(12-26)24(27)31-22(15)16)13-10-18(25)23(30-4)20(11-13)29-3/h5-11,21H,27H2,1-4H3. The molecule has 3 aromatic rings. The highest BCUT2D eigenvalue weighted by atomic mass is 79.9. The van der Waals surface area contributed by atoms with Crippen molar-refractivity contribution in [3.63, 3.8) is 0 Å². The molecule has 0 amide bonds. The molecule has 1 unspecified atom stereocenters. The second-order valence-electron chi connectivity index (χ2n) is 7.41. The van der Waals surface area contributed by atoms with Gasteiger partial charge in [0.1, 0.15) is 17.4 Å². The minimum absolute atomic E-state index is 0.105. The minimum atomic E-state index is -0.405. The number of rotatable bonds is 4. The molecule has 7 heteroatoms. The van der Waals surface area contributed by atoms with E-state index in [0.717, 1.165) is 32.1 Å². The number of hydrogen-bond acceptors (Lipinski definition) is 6. The Hall–Kier alpha value is -3.37. The van der Waals surface area contributed by atoms with E-state index >= 15 is 0 Å². The fraction of sp³-hybridized carbons (Fsp3) is 0.208. The minimum Gasteiger partial charge on any atom is -0.493 e. The third-order valence-corrected chi connectivity index (χ3v) is 6.08. The summed E-state index contributed by atoms with van der Waals surface area (Å²) in [6.07, 6.45) is 0. The third kappa shape index (κ3) is 3.33. The predicted octanol–water partition coefficient (Wildman–Crippen LogP) is 4.90. The Labute approximate surface area is 189 Å². The molecule has 0 aromatic heterocycles. The van der Waals surface area contributed by atoms with Gasteiger partial charge in [-0.05, 0) is 39.7 Å². The van der Waals surface area contributed by atoms with Crippen LogP contribution in [0.1, 0.15) is 17.0 Å². The number of nitriles is 1. The number of methoxy groups -OCH3 is 2. The molecule has 1 aliphatic rings. The normalized spacial score (nSPS) is 15.2. The molecule has 1 aliphatic heterocycles. The summed E-state index contributed by atoms with van der Waals surface area (Å²) in [5.74, 6) is 1.51. The smallest absolute Gasteiger partial charge is 0.205 e. The maximum atomic E-state index is 9.90. The molecule has 1 heterocycles. The van der Waals surface area contributed by atoms with Crippen LogP contribution >= 0.6 is 15.9 Å². The number of hydrogen-bond donors (Lipinski definition) is 1. The van der Waals surface area contributed by atoms with E-state index < -0.39 is 5.92 Å². The van der Waals surface area contributed by atoms with Crippen LogP contribution in [0.5, 0.6) is 17.2 Å². The Morgan fingerprint density at radius 1 is 1.10 bits per heavy atom. The van der Waals surface area contributed by atoms with Gasteiger partial charge in [0.15, 0.2) is 11.5 Å². The molecule has 2 N–H and O–H groups in total. The number of allylic oxidation sites excluding steroid dienone is 1. The number of halogens is 1. The molecule has 0 aliphatic carbocycles. The van der Waals surface area contributed by atoms with Gasteiger partial charge in [-0.25, -0.2) is 0 Å². The van der Waals surface area contributed by atoms with Gasteiger partial charge >= 0.3 is 0 Å². The van der Waals surface area contributed by atoms with E-state index in [1.54, 1.807) is 14.2 Å². The summed E-state index contributed by atoms with van der Waals surface area (Å²) in [5.41, 5.74) is 9.38. The molecule has 0 fully saturated rings. The maximum absolute atomic E-state index is 9.90. The van der Waals surface area contributed by atoms with Crippen LogP contribution in [0.2, 0.25) is 0 Å². The van der Waals surface area contributed by atoms with Crippen LogP contribution in [-0.4, -0.2) is 28.3 Å². The first-order chi connectivity index (χ1) is 14.9. The van der Waals surface area contributed by atoms with Crippen LogP contribution in [0.4, 0.5) is 5.69 Å². The van der Waals surface area contributed by atoms with E-state index in [1.165, 1.54) is 0 Å². The van der Waals surface area contributed by atoms with Crippen molar-refractivity contribution in [2.75, 3.05) is 33.2 Å². The highest BCUT2D eigenvalue weighted by molar-refractivity contribution is 9.10. The largest absolute Gasteiger partial charge is 0.493 e. The van der Waals surface area contributed by atoms with Crippen molar-refractivity contribution in [1.82, 2.24) is 0 Å². The van der Waals surface area contributed by atoms with E-state index in [-0.39, 0.29) is 5.88 Å². The van der Waals surface area contributed by atoms with Crippen LogP contribution in [0.15, 0.2) is 58.4 Å². The van der Waals surface area contributed by atoms with Gasteiger partial charge in [0.05, 0.1) is 24.6 Å². The highest BCUT2D eigenvalue weighted by Gasteiger charge is 2.33. The zero-order valence-corrected chi connectivity index (χ0v) is 19.3. The van der Waals surface area contributed by atoms with Gasteiger partial charge in [0.2, 0.25) is 5.88 Å². The zero-order valence-electron chi connectivity index (χ0n) is 17.7. The number of anilines is 1. The summed E-state index contributed by atoms with van der Waals surface area (Å²) in [6.45, 7) is 0. The van der Waals surface area contributed by atoms with Crippen molar-refractivity contribution >= 4 is 32.4 Å². The highest BCUT2D eigenvalue weighted by Crippen LogP contribution is 2.48. The van der Waals surface area contributed by atoms with Crippen molar-refractivity contribution < 1.29 is 14.2 Å². The van der Waals surface area contributed by atoms with Crippen molar-refractivity contribution in [3.05, 3.63) is 69.5 Å². The van der Waals surface area contributed by atoms with Crippen LogP contribution in [0, 0.1) is 11.3 Å². The number of nitrogens with two attached hydrogens (primary N) is 1. The fourth-order valence-corrected chi connectivity index (χ4v) is 4.72. The number of fused-ring (bicyclic) bond motifs is 3. The lowest BCUT2D eigenvalue weighted by Crippen LogP contribution is -2.21. The molecular formula is C24H22BrN3O3. The van der Waals surface area contributed by atoms with E-state index in [4.69, 9.17) is 19.9 Å². The summed E-state index contributed by atoms with van der Waals surface area (Å²) in [4.78, 5) is 2.06. The van der Waals surface area contributed by atoms with Crippen molar-refractivity contribution in [2.24, 2.45) is 5.73 Å². The zero-order chi connectivity index (χ0) is 22.3. The molecule has 6 nitrogen and oxygen atoms in total. The number of benzene rings is 3.